The molecule has 0 aromatic carbocycles. The Balaban J connectivity index is 1.89. The van der Waals surface area contributed by atoms with E-state index in [9.17, 15) is 9.90 Å². The van der Waals surface area contributed by atoms with Gasteiger partial charge in [0.05, 0.1) is 11.7 Å². The highest BCUT2D eigenvalue weighted by atomic mass is 16.4. The average Bonchev–Trinajstić information content (AvgIpc) is 2.87. The van der Waals surface area contributed by atoms with Crippen molar-refractivity contribution < 1.29 is 9.90 Å². The fourth-order valence-corrected chi connectivity index (χ4v) is 4.06. The van der Waals surface area contributed by atoms with Gasteiger partial charge in [0.15, 0.2) is 0 Å². The topological polar surface area (TPSA) is 53.4 Å². The zero-order valence-corrected chi connectivity index (χ0v) is 11.9. The summed E-state index contributed by atoms with van der Waals surface area (Å²) in [5, 5.41) is 9.56. The molecule has 1 aliphatic heterocycles. The van der Waals surface area contributed by atoms with Crippen molar-refractivity contribution in [3.63, 3.8) is 0 Å². The zero-order chi connectivity index (χ0) is 14.1. The Bertz CT molecular complexity index is 477. The zero-order valence-electron chi connectivity index (χ0n) is 11.9. The number of hydrogen-bond acceptors (Lipinski definition) is 3. The number of carbonyl (C=O) groups is 1. The summed E-state index contributed by atoms with van der Waals surface area (Å²) in [4.78, 5) is 18.3. The molecule has 1 aromatic rings. The minimum absolute atomic E-state index is 0.0744. The predicted octanol–water partition coefficient (Wildman–Crippen LogP) is 2.86. The number of carboxylic acids is 1. The molecule has 0 amide bonds. The summed E-state index contributed by atoms with van der Waals surface area (Å²) >= 11 is 0. The molecule has 1 N–H and O–H groups in total. The van der Waals surface area contributed by atoms with Crippen molar-refractivity contribution >= 4 is 5.97 Å². The molecule has 1 aromatic heterocycles. The standard InChI is InChI=1S/C16H22N2O2/c1-11(13-7-4-5-9-17-13)18-14-8-3-2-6-12(14)10-15(18)16(19)20/h4-5,7,9,11-12,14-15H,2-3,6,8,10H2,1H3,(H,19,20). The molecule has 1 saturated heterocycles. The molecular formula is C16H22N2O2. The van der Waals surface area contributed by atoms with Gasteiger partial charge in [-0.25, -0.2) is 0 Å². The van der Waals surface area contributed by atoms with Crippen LogP contribution < -0.4 is 0 Å². The van der Waals surface area contributed by atoms with E-state index in [0.717, 1.165) is 18.5 Å². The highest BCUT2D eigenvalue weighted by Crippen LogP contribution is 2.43. The fourth-order valence-electron chi connectivity index (χ4n) is 4.06. The normalized spacial score (nSPS) is 31.8. The Kier molecular flexibility index (Phi) is 3.74. The molecule has 0 spiro atoms. The Morgan fingerprint density at radius 2 is 2.20 bits per heavy atom. The lowest BCUT2D eigenvalue weighted by molar-refractivity contribution is -0.143. The lowest BCUT2D eigenvalue weighted by atomic mass is 9.84. The molecule has 0 bridgehead atoms. The van der Waals surface area contributed by atoms with E-state index in [1.54, 1.807) is 6.20 Å². The van der Waals surface area contributed by atoms with Gasteiger partial charge < -0.3 is 5.11 Å². The maximum absolute atomic E-state index is 11.6. The van der Waals surface area contributed by atoms with Crippen molar-refractivity contribution in [1.29, 1.82) is 0 Å². The Hall–Kier alpha value is -1.42. The second-order valence-corrected chi connectivity index (χ2v) is 6.08. The molecule has 2 heterocycles. The maximum atomic E-state index is 11.6. The number of pyridine rings is 1. The summed E-state index contributed by atoms with van der Waals surface area (Å²) in [6.07, 6.45) is 7.37. The highest BCUT2D eigenvalue weighted by Gasteiger charge is 2.47. The molecule has 0 radical (unpaired) electrons. The molecule has 1 aliphatic carbocycles. The SMILES string of the molecule is CC(c1ccccn1)N1C(C(=O)O)CC2CCCCC21. The Morgan fingerprint density at radius 3 is 2.90 bits per heavy atom. The van der Waals surface area contributed by atoms with Crippen molar-refractivity contribution in [2.45, 2.75) is 57.2 Å². The van der Waals surface area contributed by atoms with Gasteiger partial charge in [0.2, 0.25) is 0 Å². The van der Waals surface area contributed by atoms with Gasteiger partial charge in [0.25, 0.3) is 0 Å². The largest absolute Gasteiger partial charge is 0.480 e. The van der Waals surface area contributed by atoms with Crippen molar-refractivity contribution in [2.24, 2.45) is 5.92 Å². The van der Waals surface area contributed by atoms with Gasteiger partial charge in [-0.05, 0) is 44.2 Å². The van der Waals surface area contributed by atoms with Crippen LogP contribution in [0.4, 0.5) is 0 Å². The van der Waals surface area contributed by atoms with Crippen LogP contribution in [0.25, 0.3) is 0 Å². The molecule has 4 atom stereocenters. The van der Waals surface area contributed by atoms with E-state index < -0.39 is 5.97 Å². The van der Waals surface area contributed by atoms with E-state index in [1.165, 1.54) is 19.3 Å². The maximum Gasteiger partial charge on any atom is 0.320 e. The predicted molar refractivity (Wildman–Crippen MR) is 76.3 cm³/mol. The number of rotatable bonds is 3. The van der Waals surface area contributed by atoms with Crippen LogP contribution in [0.5, 0.6) is 0 Å². The van der Waals surface area contributed by atoms with Crippen molar-refractivity contribution in [3.05, 3.63) is 30.1 Å². The van der Waals surface area contributed by atoms with Crippen LogP contribution in [0.3, 0.4) is 0 Å². The fraction of sp³-hybridized carbons (Fsp3) is 0.625. The molecule has 4 heteroatoms. The lowest BCUT2D eigenvalue weighted by Gasteiger charge is -2.36. The molecule has 4 unspecified atom stereocenters. The van der Waals surface area contributed by atoms with E-state index >= 15 is 0 Å². The minimum atomic E-state index is -0.679. The van der Waals surface area contributed by atoms with Gasteiger partial charge >= 0.3 is 5.97 Å². The summed E-state index contributed by atoms with van der Waals surface area (Å²) in [5.41, 5.74) is 0.977. The number of aliphatic carboxylic acids is 1. The first-order valence-corrected chi connectivity index (χ1v) is 7.59. The van der Waals surface area contributed by atoms with Crippen LogP contribution in [0, 0.1) is 5.92 Å². The summed E-state index contributed by atoms with van der Waals surface area (Å²) in [5.74, 6) is -0.127. The number of likely N-dealkylation sites (tertiary alicyclic amines) is 1. The van der Waals surface area contributed by atoms with E-state index in [2.05, 4.69) is 16.8 Å². The van der Waals surface area contributed by atoms with Crippen LogP contribution in [0.1, 0.15) is 50.8 Å². The first-order chi connectivity index (χ1) is 9.68. The number of hydrogen-bond donors (Lipinski definition) is 1. The monoisotopic (exact) mass is 274 g/mol. The number of aromatic nitrogens is 1. The van der Waals surface area contributed by atoms with Gasteiger partial charge in [0.1, 0.15) is 6.04 Å². The third kappa shape index (κ3) is 2.33. The molecule has 4 nitrogen and oxygen atoms in total. The third-order valence-electron chi connectivity index (χ3n) is 4.99. The second-order valence-electron chi connectivity index (χ2n) is 6.08. The number of carboxylic acid groups (broad SMARTS) is 1. The van der Waals surface area contributed by atoms with E-state index in [-0.39, 0.29) is 12.1 Å². The van der Waals surface area contributed by atoms with Gasteiger partial charge in [-0.2, -0.15) is 0 Å². The van der Waals surface area contributed by atoms with Crippen molar-refractivity contribution in [2.75, 3.05) is 0 Å². The van der Waals surface area contributed by atoms with E-state index in [4.69, 9.17) is 0 Å². The highest BCUT2D eigenvalue weighted by molar-refractivity contribution is 5.74. The molecule has 2 aliphatic rings. The molecule has 2 fully saturated rings. The van der Waals surface area contributed by atoms with Gasteiger partial charge in [-0.15, -0.1) is 0 Å². The van der Waals surface area contributed by atoms with Crippen molar-refractivity contribution in [3.8, 4) is 0 Å². The Labute approximate surface area is 119 Å². The first kappa shape index (κ1) is 13.6. The molecule has 3 rings (SSSR count). The van der Waals surface area contributed by atoms with E-state index in [0.29, 0.717) is 12.0 Å². The van der Waals surface area contributed by atoms with Crippen LogP contribution in [0.15, 0.2) is 24.4 Å². The second kappa shape index (κ2) is 5.52. The summed E-state index contributed by atoms with van der Waals surface area (Å²) < 4.78 is 0. The summed E-state index contributed by atoms with van der Waals surface area (Å²) in [7, 11) is 0. The van der Waals surface area contributed by atoms with Crippen LogP contribution in [0.2, 0.25) is 0 Å². The van der Waals surface area contributed by atoms with Gasteiger partial charge in [-0.1, -0.05) is 18.9 Å². The quantitative estimate of drug-likeness (QED) is 0.921. The molecular weight excluding hydrogens is 252 g/mol. The van der Waals surface area contributed by atoms with E-state index in [1.807, 2.05) is 18.2 Å². The Morgan fingerprint density at radius 1 is 1.40 bits per heavy atom. The smallest absolute Gasteiger partial charge is 0.320 e. The minimum Gasteiger partial charge on any atom is -0.480 e. The number of fused-ring (bicyclic) bond motifs is 1. The summed E-state index contributed by atoms with van der Waals surface area (Å²) in [6.45, 7) is 2.09. The van der Waals surface area contributed by atoms with Crippen LogP contribution >= 0.6 is 0 Å². The van der Waals surface area contributed by atoms with Crippen LogP contribution in [-0.2, 0) is 4.79 Å². The average molecular weight is 274 g/mol. The molecule has 1 saturated carbocycles. The molecule has 108 valence electrons. The molecule has 20 heavy (non-hydrogen) atoms. The summed E-state index contributed by atoms with van der Waals surface area (Å²) in [6, 6.07) is 6.02. The first-order valence-electron chi connectivity index (χ1n) is 7.59. The van der Waals surface area contributed by atoms with Crippen molar-refractivity contribution in [1.82, 2.24) is 9.88 Å². The van der Waals surface area contributed by atoms with Gasteiger partial charge in [0, 0.05) is 12.2 Å². The van der Waals surface area contributed by atoms with Crippen LogP contribution in [-0.4, -0.2) is 33.0 Å². The van der Waals surface area contributed by atoms with Gasteiger partial charge in [-0.3, -0.25) is 14.7 Å². The third-order valence-corrected chi connectivity index (χ3v) is 4.99. The lowest BCUT2D eigenvalue weighted by Crippen LogP contribution is -2.43. The number of nitrogens with zero attached hydrogens (tertiary/aromatic N) is 2.